The van der Waals surface area contributed by atoms with Crippen LogP contribution in [0.5, 0.6) is 0 Å². The number of benzene rings is 1. The highest BCUT2D eigenvalue weighted by Crippen LogP contribution is 2.41. The summed E-state index contributed by atoms with van der Waals surface area (Å²) >= 11 is 0. The molecule has 1 aromatic carbocycles. The van der Waals surface area contributed by atoms with Gasteiger partial charge in [-0.2, -0.15) is 26.3 Å². The zero-order valence-electron chi connectivity index (χ0n) is 11.0. The minimum Gasteiger partial charge on any atom is -0.342 e. The van der Waals surface area contributed by atoms with E-state index in [0.717, 1.165) is 18.5 Å². The van der Waals surface area contributed by atoms with Crippen LogP contribution in [0.15, 0.2) is 24.4 Å². The number of nitrogens with zero attached hydrogens (tertiary/aromatic N) is 1. The van der Waals surface area contributed by atoms with Gasteiger partial charge in [0.15, 0.2) is 0 Å². The summed E-state index contributed by atoms with van der Waals surface area (Å²) in [5.41, 5.74) is -2.18. The summed E-state index contributed by atoms with van der Waals surface area (Å²) in [5, 5.41) is 0. The molecular formula is C14H10F6N2. The highest BCUT2D eigenvalue weighted by Gasteiger charge is 2.37. The molecule has 1 fully saturated rings. The van der Waals surface area contributed by atoms with Crippen LogP contribution in [-0.2, 0) is 12.4 Å². The molecule has 1 N–H and O–H groups in total. The van der Waals surface area contributed by atoms with Crippen molar-refractivity contribution in [3.05, 3.63) is 41.2 Å². The molecular weight excluding hydrogens is 310 g/mol. The van der Waals surface area contributed by atoms with Crippen molar-refractivity contribution < 1.29 is 26.3 Å². The van der Waals surface area contributed by atoms with Gasteiger partial charge in [0.2, 0.25) is 0 Å². The van der Waals surface area contributed by atoms with Crippen molar-refractivity contribution in [2.45, 2.75) is 31.1 Å². The molecule has 0 unspecified atom stereocenters. The fourth-order valence-corrected chi connectivity index (χ4v) is 2.18. The van der Waals surface area contributed by atoms with Crippen molar-refractivity contribution >= 4 is 0 Å². The molecule has 3 rings (SSSR count). The van der Waals surface area contributed by atoms with Crippen LogP contribution >= 0.6 is 0 Å². The number of H-pyrrole nitrogens is 1. The Balaban J connectivity index is 2.08. The summed E-state index contributed by atoms with van der Waals surface area (Å²) in [7, 11) is 0. The first kappa shape index (κ1) is 14.9. The van der Waals surface area contributed by atoms with E-state index < -0.39 is 23.5 Å². The second-order valence-electron chi connectivity index (χ2n) is 5.26. The lowest BCUT2D eigenvalue weighted by Crippen LogP contribution is -2.11. The number of aromatic nitrogens is 2. The van der Waals surface area contributed by atoms with Crippen LogP contribution in [0, 0.1) is 0 Å². The third-order valence-electron chi connectivity index (χ3n) is 3.47. The van der Waals surface area contributed by atoms with E-state index in [1.807, 2.05) is 0 Å². The van der Waals surface area contributed by atoms with E-state index in [1.165, 1.54) is 6.20 Å². The maximum Gasteiger partial charge on any atom is 0.416 e. The molecule has 1 saturated carbocycles. The number of halogens is 6. The Bertz CT molecular complexity index is 662. The Morgan fingerprint density at radius 1 is 0.909 bits per heavy atom. The van der Waals surface area contributed by atoms with E-state index in [0.29, 0.717) is 12.1 Å². The monoisotopic (exact) mass is 320 g/mol. The largest absolute Gasteiger partial charge is 0.416 e. The highest BCUT2D eigenvalue weighted by molar-refractivity contribution is 5.59. The number of nitrogens with one attached hydrogen (secondary N) is 1. The molecule has 8 heteroatoms. The normalized spacial score (nSPS) is 16.1. The molecule has 1 aliphatic carbocycles. The third kappa shape index (κ3) is 2.95. The van der Waals surface area contributed by atoms with Crippen molar-refractivity contribution in [1.82, 2.24) is 9.97 Å². The van der Waals surface area contributed by atoms with Gasteiger partial charge in [0.1, 0.15) is 5.82 Å². The molecule has 0 amide bonds. The van der Waals surface area contributed by atoms with Crippen LogP contribution in [0.25, 0.3) is 11.4 Å². The second-order valence-corrected chi connectivity index (χ2v) is 5.26. The quantitative estimate of drug-likeness (QED) is 0.776. The number of imidazole rings is 1. The maximum absolute atomic E-state index is 12.8. The first-order chi connectivity index (χ1) is 10.1. The lowest BCUT2D eigenvalue weighted by molar-refractivity contribution is -0.143. The highest BCUT2D eigenvalue weighted by atomic mass is 19.4. The SMILES string of the molecule is FC(F)(F)c1cc(-c2ncc(C3CC3)[nH]2)cc(C(F)(F)F)c1. The van der Waals surface area contributed by atoms with E-state index in [1.54, 1.807) is 0 Å². The van der Waals surface area contributed by atoms with Crippen molar-refractivity contribution in [2.24, 2.45) is 0 Å². The van der Waals surface area contributed by atoms with Crippen LogP contribution in [-0.4, -0.2) is 9.97 Å². The molecule has 0 bridgehead atoms. The molecule has 0 aliphatic heterocycles. The topological polar surface area (TPSA) is 28.7 Å². The van der Waals surface area contributed by atoms with Gasteiger partial charge in [0, 0.05) is 23.4 Å². The Labute approximate surface area is 121 Å². The molecule has 0 spiro atoms. The van der Waals surface area contributed by atoms with Crippen LogP contribution < -0.4 is 0 Å². The molecule has 1 aliphatic rings. The van der Waals surface area contributed by atoms with E-state index in [9.17, 15) is 26.3 Å². The number of rotatable bonds is 2. The van der Waals surface area contributed by atoms with Crippen molar-refractivity contribution in [2.75, 3.05) is 0 Å². The smallest absolute Gasteiger partial charge is 0.342 e. The standard InChI is InChI=1S/C14H10F6N2/c15-13(16,17)9-3-8(4-10(5-9)14(18,19)20)12-21-6-11(22-12)7-1-2-7/h3-7H,1-2H2,(H,21,22). The number of alkyl halides is 6. The molecule has 1 aromatic heterocycles. The van der Waals surface area contributed by atoms with Crippen LogP contribution in [0.3, 0.4) is 0 Å². The molecule has 2 nitrogen and oxygen atoms in total. The van der Waals surface area contributed by atoms with Crippen molar-refractivity contribution in [3.8, 4) is 11.4 Å². The summed E-state index contributed by atoms with van der Waals surface area (Å²) < 4.78 is 76.8. The predicted octanol–water partition coefficient (Wildman–Crippen LogP) is 4.99. The molecule has 0 saturated heterocycles. The summed E-state index contributed by atoms with van der Waals surface area (Å²) in [4.78, 5) is 6.71. The van der Waals surface area contributed by atoms with E-state index in [2.05, 4.69) is 9.97 Å². The number of hydrogen-bond donors (Lipinski definition) is 1. The lowest BCUT2D eigenvalue weighted by Gasteiger charge is -2.13. The minimum atomic E-state index is -4.86. The summed E-state index contributed by atoms with van der Waals surface area (Å²) in [6.07, 6.45) is -6.37. The Morgan fingerprint density at radius 3 is 1.91 bits per heavy atom. The first-order valence-corrected chi connectivity index (χ1v) is 6.49. The fraction of sp³-hybridized carbons (Fsp3) is 0.357. The fourth-order valence-electron chi connectivity index (χ4n) is 2.18. The third-order valence-corrected chi connectivity index (χ3v) is 3.47. The molecule has 1 heterocycles. The molecule has 0 radical (unpaired) electrons. The van der Waals surface area contributed by atoms with Crippen LogP contribution in [0.2, 0.25) is 0 Å². The summed E-state index contributed by atoms with van der Waals surface area (Å²) in [6, 6.07) is 1.45. The Kier molecular flexibility index (Phi) is 3.23. The minimum absolute atomic E-state index is 0.0125. The second kappa shape index (κ2) is 4.76. The zero-order chi connectivity index (χ0) is 16.1. The summed E-state index contributed by atoms with van der Waals surface area (Å²) in [5.74, 6) is 0.285. The Morgan fingerprint density at radius 2 is 1.45 bits per heavy atom. The zero-order valence-corrected chi connectivity index (χ0v) is 11.0. The summed E-state index contributed by atoms with van der Waals surface area (Å²) in [6.45, 7) is 0. The van der Waals surface area contributed by atoms with Gasteiger partial charge in [-0.05, 0) is 31.0 Å². The molecule has 22 heavy (non-hydrogen) atoms. The van der Waals surface area contributed by atoms with Gasteiger partial charge in [-0.3, -0.25) is 0 Å². The van der Waals surface area contributed by atoms with Gasteiger partial charge in [-0.15, -0.1) is 0 Å². The van der Waals surface area contributed by atoms with Gasteiger partial charge in [0.05, 0.1) is 11.1 Å². The number of aromatic amines is 1. The van der Waals surface area contributed by atoms with Gasteiger partial charge in [0.25, 0.3) is 0 Å². The Hall–Kier alpha value is -1.99. The van der Waals surface area contributed by atoms with E-state index in [-0.39, 0.29) is 23.4 Å². The van der Waals surface area contributed by atoms with Gasteiger partial charge in [-0.25, -0.2) is 4.98 Å². The predicted molar refractivity (Wildman–Crippen MR) is 66.0 cm³/mol. The molecule has 2 aromatic rings. The van der Waals surface area contributed by atoms with E-state index in [4.69, 9.17) is 0 Å². The van der Waals surface area contributed by atoms with Crippen LogP contribution in [0.4, 0.5) is 26.3 Å². The number of hydrogen-bond acceptors (Lipinski definition) is 1. The molecule has 0 atom stereocenters. The van der Waals surface area contributed by atoms with Gasteiger partial charge in [-0.1, -0.05) is 0 Å². The maximum atomic E-state index is 12.8. The van der Waals surface area contributed by atoms with Crippen molar-refractivity contribution in [3.63, 3.8) is 0 Å². The van der Waals surface area contributed by atoms with Crippen LogP contribution in [0.1, 0.15) is 35.6 Å². The average Bonchev–Trinajstić information content (AvgIpc) is 3.14. The lowest BCUT2D eigenvalue weighted by atomic mass is 10.0. The van der Waals surface area contributed by atoms with Gasteiger partial charge < -0.3 is 4.98 Å². The van der Waals surface area contributed by atoms with Crippen molar-refractivity contribution in [1.29, 1.82) is 0 Å². The molecule has 118 valence electrons. The van der Waals surface area contributed by atoms with E-state index >= 15 is 0 Å². The first-order valence-electron chi connectivity index (χ1n) is 6.49. The van der Waals surface area contributed by atoms with Gasteiger partial charge >= 0.3 is 12.4 Å². The average molecular weight is 320 g/mol.